The predicted octanol–water partition coefficient (Wildman–Crippen LogP) is 0.988. The van der Waals surface area contributed by atoms with E-state index in [2.05, 4.69) is 11.8 Å². The summed E-state index contributed by atoms with van der Waals surface area (Å²) in [5.41, 5.74) is 0.775. The SMILES string of the molecule is CC(O)C(=O)C#Cc1ccccc1. The summed E-state index contributed by atoms with van der Waals surface area (Å²) in [4.78, 5) is 10.9. The van der Waals surface area contributed by atoms with E-state index in [0.29, 0.717) is 0 Å². The van der Waals surface area contributed by atoms with Gasteiger partial charge in [0, 0.05) is 5.56 Å². The fourth-order valence-electron chi connectivity index (χ4n) is 0.760. The molecule has 0 saturated heterocycles. The molecule has 1 atom stereocenters. The molecule has 0 aromatic heterocycles. The molecule has 0 saturated carbocycles. The molecule has 1 aromatic carbocycles. The van der Waals surface area contributed by atoms with Gasteiger partial charge in [0.25, 0.3) is 0 Å². The smallest absolute Gasteiger partial charge is 0.233 e. The average Bonchev–Trinajstić information content (AvgIpc) is 2.15. The third-order valence-corrected chi connectivity index (χ3v) is 1.48. The maximum atomic E-state index is 10.9. The number of hydrogen-bond acceptors (Lipinski definition) is 2. The van der Waals surface area contributed by atoms with Crippen molar-refractivity contribution in [2.75, 3.05) is 0 Å². The number of rotatable bonds is 1. The molecular formula is C11H10O2. The largest absolute Gasteiger partial charge is 0.385 e. The molecule has 2 heteroatoms. The lowest BCUT2D eigenvalue weighted by atomic mass is 10.2. The van der Waals surface area contributed by atoms with E-state index in [-0.39, 0.29) is 0 Å². The van der Waals surface area contributed by atoms with Crippen LogP contribution >= 0.6 is 0 Å². The lowest BCUT2D eigenvalue weighted by Crippen LogP contribution is -2.12. The molecule has 0 spiro atoms. The first-order chi connectivity index (χ1) is 6.20. The van der Waals surface area contributed by atoms with Crippen LogP contribution in [0.2, 0.25) is 0 Å². The van der Waals surface area contributed by atoms with Gasteiger partial charge in [0.2, 0.25) is 5.78 Å². The van der Waals surface area contributed by atoms with Gasteiger partial charge in [-0.15, -0.1) is 0 Å². The first-order valence-corrected chi connectivity index (χ1v) is 3.99. The summed E-state index contributed by atoms with van der Waals surface area (Å²) < 4.78 is 0. The molecule has 1 aromatic rings. The standard InChI is InChI=1S/C11H10O2/c1-9(12)11(13)8-7-10-5-3-2-4-6-10/h2-6,9,12H,1H3. The fraction of sp³-hybridized carbons (Fsp3) is 0.182. The average molecular weight is 174 g/mol. The van der Waals surface area contributed by atoms with Gasteiger partial charge in [-0.05, 0) is 25.0 Å². The Morgan fingerprint density at radius 2 is 2.00 bits per heavy atom. The number of Topliss-reactive ketones (excluding diaryl/α,β-unsaturated/α-hetero) is 1. The van der Waals surface area contributed by atoms with E-state index in [0.717, 1.165) is 5.56 Å². The zero-order chi connectivity index (χ0) is 9.68. The van der Waals surface area contributed by atoms with E-state index >= 15 is 0 Å². The number of carbonyl (C=O) groups excluding carboxylic acids is 1. The zero-order valence-corrected chi connectivity index (χ0v) is 7.32. The van der Waals surface area contributed by atoms with Crippen LogP contribution in [-0.4, -0.2) is 17.0 Å². The Morgan fingerprint density at radius 3 is 2.54 bits per heavy atom. The van der Waals surface area contributed by atoms with Crippen molar-refractivity contribution in [3.05, 3.63) is 35.9 Å². The van der Waals surface area contributed by atoms with E-state index in [4.69, 9.17) is 5.11 Å². The van der Waals surface area contributed by atoms with E-state index < -0.39 is 11.9 Å². The van der Waals surface area contributed by atoms with Gasteiger partial charge in [0.1, 0.15) is 6.10 Å². The summed E-state index contributed by atoms with van der Waals surface area (Å²) in [7, 11) is 0. The van der Waals surface area contributed by atoms with E-state index in [1.165, 1.54) is 6.92 Å². The molecule has 0 fully saturated rings. The molecule has 0 bridgehead atoms. The second kappa shape index (κ2) is 4.44. The van der Waals surface area contributed by atoms with Crippen molar-refractivity contribution < 1.29 is 9.90 Å². The first kappa shape index (κ1) is 9.50. The Labute approximate surface area is 77.2 Å². The highest BCUT2D eigenvalue weighted by molar-refractivity contribution is 5.98. The Balaban J connectivity index is 2.74. The van der Waals surface area contributed by atoms with Gasteiger partial charge >= 0.3 is 0 Å². The maximum Gasteiger partial charge on any atom is 0.233 e. The molecule has 0 aliphatic rings. The lowest BCUT2D eigenvalue weighted by molar-refractivity contribution is -0.120. The van der Waals surface area contributed by atoms with Crippen molar-refractivity contribution in [2.45, 2.75) is 13.0 Å². The molecular weight excluding hydrogens is 164 g/mol. The highest BCUT2D eigenvalue weighted by Gasteiger charge is 2.03. The molecule has 1 N–H and O–H groups in total. The van der Waals surface area contributed by atoms with Crippen LogP contribution in [0.4, 0.5) is 0 Å². The molecule has 66 valence electrons. The van der Waals surface area contributed by atoms with Gasteiger partial charge in [0.05, 0.1) is 0 Å². The summed E-state index contributed by atoms with van der Waals surface area (Å²) in [6.07, 6.45) is -1.00. The van der Waals surface area contributed by atoms with E-state index in [9.17, 15) is 4.79 Å². The highest BCUT2D eigenvalue weighted by atomic mass is 16.3. The minimum atomic E-state index is -1.00. The highest BCUT2D eigenvalue weighted by Crippen LogP contribution is 1.94. The van der Waals surface area contributed by atoms with Gasteiger partial charge in [-0.2, -0.15) is 0 Å². The molecule has 0 aliphatic carbocycles. The van der Waals surface area contributed by atoms with Crippen LogP contribution in [0.25, 0.3) is 0 Å². The molecule has 1 rings (SSSR count). The number of benzene rings is 1. The lowest BCUT2D eigenvalue weighted by Gasteiger charge is -1.92. The molecule has 2 nitrogen and oxygen atoms in total. The summed E-state index contributed by atoms with van der Waals surface area (Å²) >= 11 is 0. The Morgan fingerprint density at radius 1 is 1.38 bits per heavy atom. The quantitative estimate of drug-likeness (QED) is 0.644. The van der Waals surface area contributed by atoms with Crippen molar-refractivity contribution in [1.29, 1.82) is 0 Å². The number of carbonyl (C=O) groups is 1. The van der Waals surface area contributed by atoms with Crippen molar-refractivity contribution in [3.8, 4) is 11.8 Å². The van der Waals surface area contributed by atoms with Crippen LogP contribution in [0.3, 0.4) is 0 Å². The van der Waals surface area contributed by atoms with Gasteiger partial charge < -0.3 is 5.11 Å². The Bertz CT molecular complexity index is 341. The van der Waals surface area contributed by atoms with Crippen molar-refractivity contribution in [2.24, 2.45) is 0 Å². The molecule has 13 heavy (non-hydrogen) atoms. The normalized spacial score (nSPS) is 11.2. The molecule has 0 heterocycles. The summed E-state index contributed by atoms with van der Waals surface area (Å²) in [5.74, 6) is 4.57. The first-order valence-electron chi connectivity index (χ1n) is 3.99. The number of aliphatic hydroxyl groups excluding tert-OH is 1. The van der Waals surface area contributed by atoms with Crippen LogP contribution in [0, 0.1) is 11.8 Å². The zero-order valence-electron chi connectivity index (χ0n) is 7.32. The van der Waals surface area contributed by atoms with Gasteiger partial charge in [-0.1, -0.05) is 24.1 Å². The van der Waals surface area contributed by atoms with Crippen molar-refractivity contribution >= 4 is 5.78 Å². The number of aliphatic hydroxyl groups is 1. The van der Waals surface area contributed by atoms with E-state index in [1.54, 1.807) is 0 Å². The van der Waals surface area contributed by atoms with Gasteiger partial charge in [-0.3, -0.25) is 4.79 Å². The molecule has 1 unspecified atom stereocenters. The van der Waals surface area contributed by atoms with Crippen molar-refractivity contribution in [1.82, 2.24) is 0 Å². The summed E-state index contributed by atoms with van der Waals surface area (Å²) in [6, 6.07) is 9.18. The third kappa shape index (κ3) is 3.10. The van der Waals surface area contributed by atoms with Crippen LogP contribution in [0.15, 0.2) is 30.3 Å². The second-order valence-electron chi connectivity index (χ2n) is 2.66. The fourth-order valence-corrected chi connectivity index (χ4v) is 0.760. The second-order valence-corrected chi connectivity index (χ2v) is 2.66. The van der Waals surface area contributed by atoms with Gasteiger partial charge in [-0.25, -0.2) is 0 Å². The number of hydrogen-bond donors (Lipinski definition) is 1. The monoisotopic (exact) mass is 174 g/mol. The predicted molar refractivity (Wildman–Crippen MR) is 50.0 cm³/mol. The van der Waals surface area contributed by atoms with E-state index in [1.807, 2.05) is 30.3 Å². The molecule has 0 aliphatic heterocycles. The van der Waals surface area contributed by atoms with Crippen molar-refractivity contribution in [3.63, 3.8) is 0 Å². The maximum absolute atomic E-state index is 10.9. The molecule has 0 radical (unpaired) electrons. The Kier molecular flexibility index (Phi) is 3.24. The third-order valence-electron chi connectivity index (χ3n) is 1.48. The van der Waals surface area contributed by atoms with Crippen LogP contribution in [-0.2, 0) is 4.79 Å². The van der Waals surface area contributed by atoms with Crippen LogP contribution < -0.4 is 0 Å². The Hall–Kier alpha value is -1.59. The summed E-state index contributed by atoms with van der Waals surface area (Å²) in [5, 5.41) is 8.85. The minimum Gasteiger partial charge on any atom is -0.385 e. The minimum absolute atomic E-state index is 0.455. The number of ketones is 1. The van der Waals surface area contributed by atoms with Crippen LogP contribution in [0.5, 0.6) is 0 Å². The summed E-state index contributed by atoms with van der Waals surface area (Å²) in [6.45, 7) is 1.40. The molecule has 0 amide bonds. The van der Waals surface area contributed by atoms with Gasteiger partial charge in [0.15, 0.2) is 0 Å². The topological polar surface area (TPSA) is 37.3 Å². The van der Waals surface area contributed by atoms with Crippen LogP contribution in [0.1, 0.15) is 12.5 Å².